The molecular weight excluding hydrogens is 346 g/mol. The van der Waals surface area contributed by atoms with Gasteiger partial charge in [0.05, 0.1) is 5.25 Å². The summed E-state index contributed by atoms with van der Waals surface area (Å²) in [7, 11) is -3.46. The lowest BCUT2D eigenvalue weighted by Gasteiger charge is -2.22. The van der Waals surface area contributed by atoms with Crippen LogP contribution < -0.4 is 5.32 Å². The van der Waals surface area contributed by atoms with E-state index < -0.39 is 20.5 Å². The van der Waals surface area contributed by atoms with Gasteiger partial charge in [0.15, 0.2) is 9.84 Å². The van der Waals surface area contributed by atoms with Crippen LogP contribution in [0.5, 0.6) is 0 Å². The number of carbonyl (C=O) groups excluding carboxylic acids is 1. The lowest BCUT2D eigenvalue weighted by molar-refractivity contribution is -0.117. The highest BCUT2D eigenvalue weighted by molar-refractivity contribution is 7.94. The van der Waals surface area contributed by atoms with Gasteiger partial charge >= 0.3 is 0 Å². The molecule has 0 spiro atoms. The van der Waals surface area contributed by atoms with Gasteiger partial charge in [0, 0.05) is 6.42 Å². The van der Waals surface area contributed by atoms with Gasteiger partial charge in [-0.15, -0.1) is 10.2 Å². The molecule has 2 aliphatic rings. The lowest BCUT2D eigenvalue weighted by atomic mass is 9.87. The predicted octanol–water partition coefficient (Wildman–Crippen LogP) is 2.96. The number of hydrogen-bond acceptors (Lipinski definition) is 6. The van der Waals surface area contributed by atoms with Crippen molar-refractivity contribution in [1.82, 2.24) is 10.2 Å². The van der Waals surface area contributed by atoms with Crippen LogP contribution in [-0.4, -0.2) is 34.5 Å². The van der Waals surface area contributed by atoms with E-state index >= 15 is 0 Å². The first-order valence-corrected chi connectivity index (χ1v) is 11.0. The molecule has 0 aromatic carbocycles. The molecule has 1 aromatic heterocycles. The fourth-order valence-corrected chi connectivity index (χ4v) is 5.95. The molecule has 0 radical (unpaired) electrons. The molecule has 6 nitrogen and oxygen atoms in total. The predicted molar refractivity (Wildman–Crippen MR) is 94.8 cm³/mol. The summed E-state index contributed by atoms with van der Waals surface area (Å²) in [5, 5.41) is 11.8. The van der Waals surface area contributed by atoms with Crippen LogP contribution in [-0.2, 0) is 21.1 Å². The van der Waals surface area contributed by atoms with Gasteiger partial charge in [-0.25, -0.2) is 8.42 Å². The second-order valence-corrected chi connectivity index (χ2v) is 11.3. The summed E-state index contributed by atoms with van der Waals surface area (Å²) in [4.78, 5) is 12.5. The topological polar surface area (TPSA) is 89.0 Å². The van der Waals surface area contributed by atoms with Crippen molar-refractivity contribution in [2.24, 2.45) is 5.92 Å². The van der Waals surface area contributed by atoms with Gasteiger partial charge in [0.1, 0.15) is 9.75 Å². The average molecular weight is 372 g/mol. The quantitative estimate of drug-likeness (QED) is 0.830. The molecule has 2 aliphatic carbocycles. The third-order valence-corrected chi connectivity index (χ3v) is 8.91. The Labute approximate surface area is 147 Å². The first kappa shape index (κ1) is 17.8. The van der Waals surface area contributed by atoms with E-state index in [4.69, 9.17) is 0 Å². The minimum atomic E-state index is -3.46. The van der Waals surface area contributed by atoms with Crippen molar-refractivity contribution in [2.75, 3.05) is 5.32 Å². The van der Waals surface area contributed by atoms with Crippen LogP contribution in [0.15, 0.2) is 0 Å². The summed E-state index contributed by atoms with van der Waals surface area (Å²) < 4.78 is 23.4. The van der Waals surface area contributed by atoms with Gasteiger partial charge in [-0.2, -0.15) is 0 Å². The van der Waals surface area contributed by atoms with E-state index in [-0.39, 0.29) is 5.25 Å². The van der Waals surface area contributed by atoms with E-state index in [0.29, 0.717) is 23.9 Å². The molecule has 8 heteroatoms. The van der Waals surface area contributed by atoms with Crippen LogP contribution in [0.4, 0.5) is 5.13 Å². The number of nitrogens with zero attached hydrogens (tertiary/aromatic N) is 2. The number of amides is 1. The summed E-state index contributed by atoms with van der Waals surface area (Å²) in [5.74, 6) is 0.136. The van der Waals surface area contributed by atoms with Crippen molar-refractivity contribution in [3.05, 3.63) is 5.01 Å². The van der Waals surface area contributed by atoms with E-state index in [2.05, 4.69) is 15.5 Å². The Morgan fingerprint density at radius 2 is 1.83 bits per heavy atom. The highest BCUT2D eigenvalue weighted by atomic mass is 32.2. The Morgan fingerprint density at radius 3 is 2.46 bits per heavy atom. The fraction of sp³-hybridized carbons (Fsp3) is 0.812. The van der Waals surface area contributed by atoms with Crippen LogP contribution in [0.2, 0.25) is 0 Å². The number of rotatable bonds is 6. The first-order chi connectivity index (χ1) is 11.3. The fourth-order valence-electron chi connectivity index (χ4n) is 3.20. The van der Waals surface area contributed by atoms with E-state index in [9.17, 15) is 13.2 Å². The van der Waals surface area contributed by atoms with Gasteiger partial charge in [0.25, 0.3) is 0 Å². The zero-order valence-electron chi connectivity index (χ0n) is 14.2. The largest absolute Gasteiger partial charge is 0.299 e. The molecule has 24 heavy (non-hydrogen) atoms. The van der Waals surface area contributed by atoms with Crippen molar-refractivity contribution in [2.45, 2.75) is 75.2 Å². The normalized spacial score (nSPS) is 20.1. The molecule has 0 atom stereocenters. The Balaban J connectivity index is 1.62. The van der Waals surface area contributed by atoms with Crippen molar-refractivity contribution in [1.29, 1.82) is 0 Å². The third-order valence-electron chi connectivity index (χ3n) is 5.10. The number of aromatic nitrogens is 2. The number of hydrogen-bond donors (Lipinski definition) is 1. The maximum Gasteiger partial charge on any atom is 0.247 e. The molecule has 1 aromatic rings. The summed E-state index contributed by atoms with van der Waals surface area (Å²) in [6, 6.07) is 0. The molecule has 1 amide bonds. The SMILES string of the molecule is CC(C)(C(=O)Nc1nnc(CC2CCCCC2)s1)S(=O)(=O)C1CC1. The van der Waals surface area contributed by atoms with Crippen molar-refractivity contribution in [3.8, 4) is 0 Å². The Hall–Kier alpha value is -1.02. The number of carbonyl (C=O) groups is 1. The zero-order valence-corrected chi connectivity index (χ0v) is 15.9. The summed E-state index contributed by atoms with van der Waals surface area (Å²) in [5.41, 5.74) is 0. The van der Waals surface area contributed by atoms with Crippen molar-refractivity contribution >= 4 is 32.2 Å². The molecule has 1 heterocycles. The van der Waals surface area contributed by atoms with E-state index in [1.807, 2.05) is 0 Å². The van der Waals surface area contributed by atoms with Gasteiger partial charge < -0.3 is 0 Å². The number of anilines is 1. The maximum absolute atomic E-state index is 12.5. The van der Waals surface area contributed by atoms with E-state index in [0.717, 1.165) is 11.4 Å². The van der Waals surface area contributed by atoms with E-state index in [1.54, 1.807) is 0 Å². The summed E-state index contributed by atoms with van der Waals surface area (Å²) in [6.45, 7) is 2.94. The molecule has 3 rings (SSSR count). The highest BCUT2D eigenvalue weighted by Crippen LogP contribution is 2.37. The van der Waals surface area contributed by atoms with Crippen LogP contribution >= 0.6 is 11.3 Å². The molecule has 0 aliphatic heterocycles. The monoisotopic (exact) mass is 371 g/mol. The standard InChI is InChI=1S/C16H25N3O3S2/c1-16(2,24(21,22)12-8-9-12)14(20)17-15-19-18-13(23-15)10-11-6-4-3-5-7-11/h11-12H,3-10H2,1-2H3,(H,17,19,20). The maximum atomic E-state index is 12.5. The average Bonchev–Trinajstić information content (AvgIpc) is 3.31. The Bertz CT molecular complexity index is 702. The van der Waals surface area contributed by atoms with Gasteiger partial charge in [-0.1, -0.05) is 43.4 Å². The molecule has 2 saturated carbocycles. The van der Waals surface area contributed by atoms with Gasteiger partial charge in [-0.05, 0) is 32.6 Å². The third kappa shape index (κ3) is 3.64. The molecule has 2 fully saturated rings. The molecule has 0 saturated heterocycles. The second-order valence-electron chi connectivity index (χ2n) is 7.42. The molecule has 0 bridgehead atoms. The van der Waals surface area contributed by atoms with Crippen molar-refractivity contribution < 1.29 is 13.2 Å². The minimum absolute atomic E-state index is 0.366. The van der Waals surface area contributed by atoms with E-state index in [1.165, 1.54) is 57.3 Å². The molecular formula is C16H25N3O3S2. The zero-order chi connectivity index (χ0) is 17.4. The van der Waals surface area contributed by atoms with Gasteiger partial charge in [0.2, 0.25) is 11.0 Å². The smallest absolute Gasteiger partial charge is 0.247 e. The molecule has 0 unspecified atom stereocenters. The Morgan fingerprint density at radius 1 is 1.17 bits per heavy atom. The van der Waals surface area contributed by atoms with Gasteiger partial charge in [-0.3, -0.25) is 10.1 Å². The van der Waals surface area contributed by atoms with Crippen LogP contribution in [0, 0.1) is 5.92 Å². The lowest BCUT2D eigenvalue weighted by Crippen LogP contribution is -2.46. The van der Waals surface area contributed by atoms with Crippen LogP contribution in [0.1, 0.15) is 63.8 Å². The van der Waals surface area contributed by atoms with Crippen LogP contribution in [0.25, 0.3) is 0 Å². The minimum Gasteiger partial charge on any atom is -0.299 e. The highest BCUT2D eigenvalue weighted by Gasteiger charge is 2.50. The second kappa shape index (κ2) is 6.71. The first-order valence-electron chi connectivity index (χ1n) is 8.68. The number of sulfone groups is 1. The summed E-state index contributed by atoms with van der Waals surface area (Å²) >= 11 is 1.36. The molecule has 134 valence electrons. The summed E-state index contributed by atoms with van der Waals surface area (Å²) in [6.07, 6.45) is 8.55. The molecule has 1 N–H and O–H groups in total. The number of nitrogens with one attached hydrogen (secondary N) is 1. The Kier molecular flexibility index (Phi) is 4.97. The van der Waals surface area contributed by atoms with Crippen LogP contribution in [0.3, 0.4) is 0 Å². The van der Waals surface area contributed by atoms with Crippen molar-refractivity contribution in [3.63, 3.8) is 0 Å².